The van der Waals surface area contributed by atoms with Crippen LogP contribution in [0.4, 0.5) is 4.79 Å². The maximum atomic E-state index is 10.6. The van der Waals surface area contributed by atoms with Gasteiger partial charge in [-0.05, 0) is 27.1 Å². The molecule has 0 aliphatic carbocycles. The number of nitrogens with zero attached hydrogens (tertiary/aromatic N) is 2. The minimum Gasteiger partial charge on any atom is -0.465 e. The first-order chi connectivity index (χ1) is 5.99. The summed E-state index contributed by atoms with van der Waals surface area (Å²) >= 11 is 0. The lowest BCUT2D eigenvalue weighted by Gasteiger charge is -2.25. The van der Waals surface area contributed by atoms with Gasteiger partial charge >= 0.3 is 6.09 Å². The van der Waals surface area contributed by atoms with E-state index >= 15 is 0 Å². The van der Waals surface area contributed by atoms with Crippen molar-refractivity contribution in [3.8, 4) is 0 Å². The van der Waals surface area contributed by atoms with E-state index in [1.165, 1.54) is 4.90 Å². The highest BCUT2D eigenvalue weighted by molar-refractivity contribution is 5.64. The zero-order valence-corrected chi connectivity index (χ0v) is 8.53. The Hall–Kier alpha value is -0.810. The Morgan fingerprint density at radius 2 is 2.00 bits per heavy atom. The van der Waals surface area contributed by atoms with Gasteiger partial charge in [-0.15, -0.1) is 0 Å². The lowest BCUT2D eigenvalue weighted by molar-refractivity contribution is 0.134. The number of nitrogens with two attached hydrogens (primary N) is 1. The van der Waals surface area contributed by atoms with Crippen molar-refractivity contribution in [3.63, 3.8) is 0 Å². The third-order valence-electron chi connectivity index (χ3n) is 2.03. The highest BCUT2D eigenvalue weighted by Gasteiger charge is 2.17. The summed E-state index contributed by atoms with van der Waals surface area (Å²) in [4.78, 5) is 13.9. The quantitative estimate of drug-likeness (QED) is 0.632. The van der Waals surface area contributed by atoms with Crippen molar-refractivity contribution < 1.29 is 9.90 Å². The fraction of sp³-hybridized carbons (Fsp3) is 0.875. The maximum absolute atomic E-state index is 10.6. The molecule has 0 heterocycles. The van der Waals surface area contributed by atoms with Gasteiger partial charge in [0.1, 0.15) is 0 Å². The molecule has 5 heteroatoms. The first-order valence-corrected chi connectivity index (χ1v) is 4.29. The summed E-state index contributed by atoms with van der Waals surface area (Å²) in [5.74, 6) is 0. The summed E-state index contributed by atoms with van der Waals surface area (Å²) in [6.45, 7) is 1.22. The standard InChI is InChI=1S/C8H19N3O2/c1-10(2)5-4-7(6-9)11(3)8(12)13/h7H,4-6,9H2,1-3H3,(H,12,13)/t7-/m0/s1. The van der Waals surface area contributed by atoms with E-state index in [0.29, 0.717) is 6.54 Å². The molecule has 0 aliphatic rings. The van der Waals surface area contributed by atoms with Crippen LogP contribution in [0.15, 0.2) is 0 Å². The molecule has 0 rings (SSSR count). The molecule has 0 aromatic carbocycles. The van der Waals surface area contributed by atoms with Gasteiger partial charge in [-0.2, -0.15) is 0 Å². The summed E-state index contributed by atoms with van der Waals surface area (Å²) in [7, 11) is 5.46. The molecule has 0 spiro atoms. The normalized spacial score (nSPS) is 13.0. The fourth-order valence-corrected chi connectivity index (χ4v) is 1.03. The van der Waals surface area contributed by atoms with Crippen molar-refractivity contribution in [3.05, 3.63) is 0 Å². The molecule has 78 valence electrons. The van der Waals surface area contributed by atoms with Crippen LogP contribution in [0.2, 0.25) is 0 Å². The molecule has 1 atom stereocenters. The molecule has 0 aliphatic heterocycles. The molecule has 0 saturated heterocycles. The van der Waals surface area contributed by atoms with Gasteiger partial charge in [0.15, 0.2) is 0 Å². The van der Waals surface area contributed by atoms with Crippen molar-refractivity contribution >= 4 is 6.09 Å². The molecule has 5 nitrogen and oxygen atoms in total. The molecule has 13 heavy (non-hydrogen) atoms. The third kappa shape index (κ3) is 4.69. The van der Waals surface area contributed by atoms with Crippen LogP contribution >= 0.6 is 0 Å². The first kappa shape index (κ1) is 12.2. The van der Waals surface area contributed by atoms with Crippen LogP contribution in [0.5, 0.6) is 0 Å². The molecule has 0 saturated carbocycles. The van der Waals surface area contributed by atoms with E-state index in [-0.39, 0.29) is 6.04 Å². The SMILES string of the molecule is CN(C)CC[C@@H](CN)N(C)C(=O)O. The van der Waals surface area contributed by atoms with Gasteiger partial charge in [0.25, 0.3) is 0 Å². The van der Waals surface area contributed by atoms with Crippen molar-refractivity contribution in [2.24, 2.45) is 5.73 Å². The molecule has 0 bridgehead atoms. The van der Waals surface area contributed by atoms with E-state index in [2.05, 4.69) is 0 Å². The number of carbonyl (C=O) groups is 1. The zero-order valence-electron chi connectivity index (χ0n) is 8.53. The summed E-state index contributed by atoms with van der Waals surface area (Å²) in [6, 6.07) is -0.0834. The Kier molecular flexibility index (Phi) is 5.41. The van der Waals surface area contributed by atoms with E-state index in [1.54, 1.807) is 7.05 Å². The Labute approximate surface area is 79.1 Å². The average molecular weight is 189 g/mol. The minimum absolute atomic E-state index is 0.0834. The van der Waals surface area contributed by atoms with E-state index in [1.807, 2.05) is 19.0 Å². The van der Waals surface area contributed by atoms with Gasteiger partial charge in [-0.25, -0.2) is 4.79 Å². The van der Waals surface area contributed by atoms with Gasteiger partial charge in [-0.1, -0.05) is 0 Å². The van der Waals surface area contributed by atoms with Crippen molar-refractivity contribution in [2.75, 3.05) is 34.2 Å². The molecule has 0 fully saturated rings. The smallest absolute Gasteiger partial charge is 0.407 e. The summed E-state index contributed by atoms with van der Waals surface area (Å²) < 4.78 is 0. The highest BCUT2D eigenvalue weighted by Crippen LogP contribution is 2.01. The summed E-state index contributed by atoms with van der Waals surface area (Å²) in [5, 5.41) is 8.71. The van der Waals surface area contributed by atoms with Gasteiger partial charge in [0.05, 0.1) is 0 Å². The predicted molar refractivity (Wildman–Crippen MR) is 51.8 cm³/mol. The number of rotatable bonds is 5. The lowest BCUT2D eigenvalue weighted by atomic mass is 10.2. The van der Waals surface area contributed by atoms with Crippen LogP contribution < -0.4 is 5.73 Å². The van der Waals surface area contributed by atoms with E-state index in [4.69, 9.17) is 10.8 Å². The van der Waals surface area contributed by atoms with Crippen LogP contribution in [-0.4, -0.2) is 61.3 Å². The van der Waals surface area contributed by atoms with Crippen LogP contribution in [0.3, 0.4) is 0 Å². The second-order valence-electron chi connectivity index (χ2n) is 3.37. The fourth-order valence-electron chi connectivity index (χ4n) is 1.03. The monoisotopic (exact) mass is 189 g/mol. The van der Waals surface area contributed by atoms with Crippen molar-refractivity contribution in [1.29, 1.82) is 0 Å². The number of hydrogen-bond acceptors (Lipinski definition) is 3. The largest absolute Gasteiger partial charge is 0.465 e. The highest BCUT2D eigenvalue weighted by atomic mass is 16.4. The second kappa shape index (κ2) is 5.77. The van der Waals surface area contributed by atoms with Crippen LogP contribution in [0.1, 0.15) is 6.42 Å². The van der Waals surface area contributed by atoms with Gasteiger partial charge in [0, 0.05) is 19.6 Å². The Morgan fingerprint density at radius 1 is 1.46 bits per heavy atom. The second-order valence-corrected chi connectivity index (χ2v) is 3.37. The maximum Gasteiger partial charge on any atom is 0.407 e. The Bertz CT molecular complexity index is 161. The molecular weight excluding hydrogens is 170 g/mol. The van der Waals surface area contributed by atoms with E-state index in [0.717, 1.165) is 13.0 Å². The molecule has 1 amide bonds. The summed E-state index contributed by atoms with van der Waals surface area (Å²) in [6.07, 6.45) is -0.152. The topological polar surface area (TPSA) is 69.8 Å². The average Bonchev–Trinajstić information content (AvgIpc) is 2.04. The van der Waals surface area contributed by atoms with Gasteiger partial charge in [-0.3, -0.25) is 0 Å². The van der Waals surface area contributed by atoms with E-state index in [9.17, 15) is 4.79 Å². The molecule has 3 N–H and O–H groups in total. The molecule has 0 radical (unpaired) electrons. The molecule has 0 aromatic rings. The zero-order chi connectivity index (χ0) is 10.4. The van der Waals surface area contributed by atoms with Gasteiger partial charge < -0.3 is 20.6 Å². The third-order valence-corrected chi connectivity index (χ3v) is 2.03. The Balaban J connectivity index is 3.94. The number of likely N-dealkylation sites (N-methyl/N-ethyl adjacent to an activating group) is 1. The lowest BCUT2D eigenvalue weighted by Crippen LogP contribution is -2.42. The molecule has 0 unspecified atom stereocenters. The molecular formula is C8H19N3O2. The van der Waals surface area contributed by atoms with Crippen molar-refractivity contribution in [2.45, 2.75) is 12.5 Å². The van der Waals surface area contributed by atoms with Gasteiger partial charge in [0.2, 0.25) is 0 Å². The number of hydrogen-bond donors (Lipinski definition) is 2. The first-order valence-electron chi connectivity index (χ1n) is 4.29. The predicted octanol–water partition coefficient (Wildman–Crippen LogP) is -0.125. The Morgan fingerprint density at radius 3 is 2.31 bits per heavy atom. The number of carboxylic acid groups (broad SMARTS) is 1. The molecule has 0 aromatic heterocycles. The van der Waals surface area contributed by atoms with Crippen LogP contribution in [0.25, 0.3) is 0 Å². The minimum atomic E-state index is -0.922. The summed E-state index contributed by atoms with van der Waals surface area (Å²) in [5.41, 5.74) is 5.47. The number of amides is 1. The van der Waals surface area contributed by atoms with Crippen LogP contribution in [-0.2, 0) is 0 Å². The van der Waals surface area contributed by atoms with E-state index < -0.39 is 6.09 Å². The van der Waals surface area contributed by atoms with Crippen LogP contribution in [0, 0.1) is 0 Å². The van der Waals surface area contributed by atoms with Crippen molar-refractivity contribution in [1.82, 2.24) is 9.80 Å².